The standard InChI is InChI=1S/C19H22FNO2/c1-14(2)16-6-10-18(11-7-16)23-13-19(22)21(3)12-15-4-8-17(20)9-5-15/h4-11,14H,12-13H2,1-3H3. The topological polar surface area (TPSA) is 29.5 Å². The van der Waals surface area contributed by atoms with E-state index in [-0.39, 0.29) is 18.3 Å². The Hall–Kier alpha value is -2.36. The van der Waals surface area contributed by atoms with Crippen LogP contribution in [0.25, 0.3) is 0 Å². The van der Waals surface area contributed by atoms with E-state index in [9.17, 15) is 9.18 Å². The van der Waals surface area contributed by atoms with Gasteiger partial charge < -0.3 is 9.64 Å². The van der Waals surface area contributed by atoms with Gasteiger partial charge in [0.2, 0.25) is 0 Å². The average Bonchev–Trinajstić information content (AvgIpc) is 2.55. The van der Waals surface area contributed by atoms with E-state index in [2.05, 4.69) is 13.8 Å². The molecule has 0 bridgehead atoms. The molecule has 0 N–H and O–H groups in total. The van der Waals surface area contributed by atoms with Crippen LogP contribution in [-0.2, 0) is 11.3 Å². The molecule has 2 rings (SSSR count). The van der Waals surface area contributed by atoms with Crippen LogP contribution in [0.4, 0.5) is 4.39 Å². The predicted octanol–water partition coefficient (Wildman–Crippen LogP) is 3.99. The number of carbonyl (C=O) groups is 1. The maximum atomic E-state index is 12.9. The van der Waals surface area contributed by atoms with Crippen LogP contribution in [0.2, 0.25) is 0 Å². The maximum absolute atomic E-state index is 12.9. The first-order valence-corrected chi connectivity index (χ1v) is 7.67. The molecule has 122 valence electrons. The van der Waals surface area contributed by atoms with Gasteiger partial charge in [0.1, 0.15) is 11.6 Å². The number of carbonyl (C=O) groups excluding carboxylic acids is 1. The zero-order valence-corrected chi connectivity index (χ0v) is 13.8. The molecular weight excluding hydrogens is 293 g/mol. The molecule has 0 aliphatic carbocycles. The lowest BCUT2D eigenvalue weighted by Crippen LogP contribution is -2.30. The molecule has 0 spiro atoms. The number of halogens is 1. The van der Waals surface area contributed by atoms with Crippen molar-refractivity contribution in [3.63, 3.8) is 0 Å². The van der Waals surface area contributed by atoms with Gasteiger partial charge in [0.25, 0.3) is 5.91 Å². The summed E-state index contributed by atoms with van der Waals surface area (Å²) in [7, 11) is 1.71. The zero-order chi connectivity index (χ0) is 16.8. The van der Waals surface area contributed by atoms with E-state index in [4.69, 9.17) is 4.74 Å². The normalized spacial score (nSPS) is 10.7. The molecule has 0 aliphatic heterocycles. The van der Waals surface area contributed by atoms with Gasteiger partial charge in [-0.25, -0.2) is 4.39 Å². The lowest BCUT2D eigenvalue weighted by atomic mass is 10.0. The number of benzene rings is 2. The van der Waals surface area contributed by atoms with Crippen LogP contribution in [0.15, 0.2) is 48.5 Å². The smallest absolute Gasteiger partial charge is 0.260 e. The fraction of sp³-hybridized carbons (Fsp3) is 0.316. The van der Waals surface area contributed by atoms with Crippen LogP contribution in [0.5, 0.6) is 5.75 Å². The second-order valence-corrected chi connectivity index (χ2v) is 5.89. The van der Waals surface area contributed by atoms with Crippen molar-refractivity contribution in [2.75, 3.05) is 13.7 Å². The third-order valence-electron chi connectivity index (χ3n) is 3.67. The molecule has 0 radical (unpaired) electrons. The Morgan fingerprint density at radius 3 is 2.26 bits per heavy atom. The van der Waals surface area contributed by atoms with Gasteiger partial charge in [0.05, 0.1) is 0 Å². The zero-order valence-electron chi connectivity index (χ0n) is 13.8. The molecule has 4 heteroatoms. The number of nitrogens with zero attached hydrogens (tertiary/aromatic N) is 1. The monoisotopic (exact) mass is 315 g/mol. The molecule has 0 aliphatic rings. The summed E-state index contributed by atoms with van der Waals surface area (Å²) >= 11 is 0. The van der Waals surface area contributed by atoms with E-state index in [1.54, 1.807) is 24.1 Å². The Labute approximate surface area is 136 Å². The van der Waals surface area contributed by atoms with Crippen molar-refractivity contribution in [2.45, 2.75) is 26.3 Å². The van der Waals surface area contributed by atoms with Crippen molar-refractivity contribution in [2.24, 2.45) is 0 Å². The molecule has 2 aromatic carbocycles. The molecule has 0 atom stereocenters. The fourth-order valence-electron chi connectivity index (χ4n) is 2.16. The summed E-state index contributed by atoms with van der Waals surface area (Å²) in [5.41, 5.74) is 2.11. The Kier molecular flexibility index (Phi) is 5.74. The highest BCUT2D eigenvalue weighted by Crippen LogP contribution is 2.18. The molecule has 0 saturated heterocycles. The van der Waals surface area contributed by atoms with E-state index < -0.39 is 0 Å². The predicted molar refractivity (Wildman–Crippen MR) is 88.9 cm³/mol. The van der Waals surface area contributed by atoms with Gasteiger partial charge in [-0.2, -0.15) is 0 Å². The second-order valence-electron chi connectivity index (χ2n) is 5.89. The Balaban J connectivity index is 1.84. The summed E-state index contributed by atoms with van der Waals surface area (Å²) in [5.74, 6) is 0.739. The first-order valence-electron chi connectivity index (χ1n) is 7.67. The molecule has 2 aromatic rings. The van der Waals surface area contributed by atoms with Gasteiger partial charge in [-0.15, -0.1) is 0 Å². The number of ether oxygens (including phenoxy) is 1. The van der Waals surface area contributed by atoms with Crippen molar-refractivity contribution < 1.29 is 13.9 Å². The van der Waals surface area contributed by atoms with Crippen molar-refractivity contribution in [3.05, 3.63) is 65.5 Å². The van der Waals surface area contributed by atoms with E-state index in [1.807, 2.05) is 24.3 Å². The average molecular weight is 315 g/mol. The largest absolute Gasteiger partial charge is 0.484 e. The highest BCUT2D eigenvalue weighted by Gasteiger charge is 2.10. The molecule has 0 unspecified atom stereocenters. The molecule has 0 saturated carbocycles. The number of rotatable bonds is 6. The van der Waals surface area contributed by atoms with Crippen molar-refractivity contribution >= 4 is 5.91 Å². The minimum absolute atomic E-state index is 0.0152. The third-order valence-corrected chi connectivity index (χ3v) is 3.67. The Bertz CT molecular complexity index is 635. The number of hydrogen-bond donors (Lipinski definition) is 0. The highest BCUT2D eigenvalue weighted by molar-refractivity contribution is 5.77. The lowest BCUT2D eigenvalue weighted by molar-refractivity contribution is -0.132. The van der Waals surface area contributed by atoms with E-state index >= 15 is 0 Å². The second kappa shape index (κ2) is 7.77. The van der Waals surface area contributed by atoms with Crippen LogP contribution in [0.3, 0.4) is 0 Å². The molecule has 23 heavy (non-hydrogen) atoms. The van der Waals surface area contributed by atoms with Crippen LogP contribution in [0.1, 0.15) is 30.9 Å². The maximum Gasteiger partial charge on any atom is 0.260 e. The van der Waals surface area contributed by atoms with E-state index in [0.717, 1.165) is 5.56 Å². The summed E-state index contributed by atoms with van der Waals surface area (Å²) in [5, 5.41) is 0. The molecule has 0 aromatic heterocycles. The summed E-state index contributed by atoms with van der Waals surface area (Å²) in [6.07, 6.45) is 0. The summed E-state index contributed by atoms with van der Waals surface area (Å²) in [6.45, 7) is 4.67. The minimum atomic E-state index is -0.282. The van der Waals surface area contributed by atoms with Crippen LogP contribution in [0, 0.1) is 5.82 Å². The molecular formula is C19H22FNO2. The third kappa shape index (κ3) is 5.09. The summed E-state index contributed by atoms with van der Waals surface area (Å²) in [6, 6.07) is 13.9. The quantitative estimate of drug-likeness (QED) is 0.807. The summed E-state index contributed by atoms with van der Waals surface area (Å²) < 4.78 is 18.4. The molecule has 3 nitrogen and oxygen atoms in total. The first kappa shape index (κ1) is 17.0. The Morgan fingerprint density at radius 1 is 1.09 bits per heavy atom. The SMILES string of the molecule is CC(C)c1ccc(OCC(=O)N(C)Cc2ccc(F)cc2)cc1. The van der Waals surface area contributed by atoms with Crippen LogP contribution >= 0.6 is 0 Å². The molecule has 0 fully saturated rings. The van der Waals surface area contributed by atoms with Crippen molar-refractivity contribution in [1.82, 2.24) is 4.90 Å². The van der Waals surface area contributed by atoms with Crippen LogP contribution in [-0.4, -0.2) is 24.5 Å². The van der Waals surface area contributed by atoms with E-state index in [1.165, 1.54) is 17.7 Å². The van der Waals surface area contributed by atoms with Gasteiger partial charge in [-0.1, -0.05) is 38.1 Å². The molecule has 1 amide bonds. The number of likely N-dealkylation sites (N-methyl/N-ethyl adjacent to an activating group) is 1. The first-order chi connectivity index (χ1) is 11.0. The van der Waals surface area contributed by atoms with Gasteiger partial charge in [0.15, 0.2) is 6.61 Å². The van der Waals surface area contributed by atoms with Gasteiger partial charge in [0, 0.05) is 13.6 Å². The van der Waals surface area contributed by atoms with Crippen molar-refractivity contribution in [1.29, 1.82) is 0 Å². The number of hydrogen-bond acceptors (Lipinski definition) is 2. The fourth-order valence-corrected chi connectivity index (χ4v) is 2.16. The minimum Gasteiger partial charge on any atom is -0.484 e. The number of amides is 1. The molecule has 0 heterocycles. The van der Waals surface area contributed by atoms with E-state index in [0.29, 0.717) is 18.2 Å². The van der Waals surface area contributed by atoms with Crippen molar-refractivity contribution in [3.8, 4) is 5.75 Å². The summed E-state index contributed by atoms with van der Waals surface area (Å²) in [4.78, 5) is 13.7. The van der Waals surface area contributed by atoms with Gasteiger partial charge >= 0.3 is 0 Å². The van der Waals surface area contributed by atoms with Gasteiger partial charge in [-0.3, -0.25) is 4.79 Å². The Morgan fingerprint density at radius 2 is 1.70 bits per heavy atom. The van der Waals surface area contributed by atoms with Crippen LogP contribution < -0.4 is 4.74 Å². The lowest BCUT2D eigenvalue weighted by Gasteiger charge is -2.17. The van der Waals surface area contributed by atoms with Gasteiger partial charge in [-0.05, 0) is 41.3 Å². The highest BCUT2D eigenvalue weighted by atomic mass is 19.1.